The summed E-state index contributed by atoms with van der Waals surface area (Å²) < 4.78 is 27.2. The molecule has 1 spiro atoms. The van der Waals surface area contributed by atoms with E-state index in [2.05, 4.69) is 50.3 Å². The Morgan fingerprint density at radius 1 is 1.00 bits per heavy atom. The quantitative estimate of drug-likeness (QED) is 0.345. The molecule has 3 heterocycles. The number of pyridine rings is 1. The first-order valence-electron chi connectivity index (χ1n) is 12.2. The molecule has 1 atom stereocenters. The zero-order valence-electron chi connectivity index (χ0n) is 20.0. The number of benzene rings is 2. The maximum absolute atomic E-state index is 13.8. The Morgan fingerprint density at radius 3 is 2.57 bits per heavy atom. The monoisotopic (exact) mass is 476 g/mol. The summed E-state index contributed by atoms with van der Waals surface area (Å²) >= 11 is 0. The van der Waals surface area contributed by atoms with E-state index in [4.69, 9.17) is 4.84 Å². The fourth-order valence-corrected chi connectivity index (χ4v) is 5.23. The third-order valence-corrected chi connectivity index (χ3v) is 7.03. The van der Waals surface area contributed by atoms with Crippen LogP contribution in [0.4, 0.5) is 14.5 Å². The summed E-state index contributed by atoms with van der Waals surface area (Å²) in [6.07, 6.45) is 4.27. The van der Waals surface area contributed by atoms with E-state index in [1.807, 2.05) is 25.3 Å². The highest BCUT2D eigenvalue weighted by molar-refractivity contribution is 6.11. The maximum atomic E-state index is 13.8. The summed E-state index contributed by atoms with van der Waals surface area (Å²) in [4.78, 5) is 14.8. The summed E-state index contributed by atoms with van der Waals surface area (Å²) in [7, 11) is 0. The molecule has 0 radical (unpaired) electrons. The average molecular weight is 477 g/mol. The predicted molar refractivity (Wildman–Crippen MR) is 133 cm³/mol. The Balaban J connectivity index is 1.25. The fraction of sp³-hybridized carbons (Fsp3) is 0.357. The number of nitrogens with zero attached hydrogens (tertiary/aromatic N) is 4. The number of hydrogen-bond donors (Lipinski definition) is 0. The first-order chi connectivity index (χ1) is 17.0. The van der Waals surface area contributed by atoms with Crippen LogP contribution in [0, 0.1) is 17.0 Å². The van der Waals surface area contributed by atoms with Gasteiger partial charge in [0.05, 0.1) is 5.69 Å². The van der Waals surface area contributed by atoms with Crippen LogP contribution in [0.3, 0.4) is 0 Å². The van der Waals surface area contributed by atoms with Gasteiger partial charge in [-0.15, -0.1) is 0 Å². The zero-order chi connectivity index (χ0) is 24.3. The molecule has 1 unspecified atom stereocenters. The molecule has 7 heteroatoms. The van der Waals surface area contributed by atoms with Crippen LogP contribution in [0.2, 0.25) is 0 Å². The lowest BCUT2D eigenvalue weighted by atomic mass is 9.86. The van der Waals surface area contributed by atoms with Crippen LogP contribution < -0.4 is 4.90 Å². The summed E-state index contributed by atoms with van der Waals surface area (Å²) in [5.74, 6) is -1.82. The fourth-order valence-electron chi connectivity index (χ4n) is 5.23. The van der Waals surface area contributed by atoms with Crippen molar-refractivity contribution >= 4 is 11.4 Å². The molecule has 0 saturated carbocycles. The van der Waals surface area contributed by atoms with Crippen molar-refractivity contribution in [3.05, 3.63) is 95.3 Å². The van der Waals surface area contributed by atoms with Crippen molar-refractivity contribution in [2.75, 3.05) is 37.7 Å². The molecule has 3 aromatic rings. The second-order valence-electron chi connectivity index (χ2n) is 9.51. The van der Waals surface area contributed by atoms with E-state index in [1.54, 1.807) is 0 Å². The highest BCUT2D eigenvalue weighted by Gasteiger charge is 2.43. The minimum Gasteiger partial charge on any atom is -0.396 e. The van der Waals surface area contributed by atoms with Gasteiger partial charge in [0.1, 0.15) is 12.3 Å². The lowest BCUT2D eigenvalue weighted by molar-refractivity contribution is 0.159. The van der Waals surface area contributed by atoms with Gasteiger partial charge in [-0.25, -0.2) is 8.78 Å². The van der Waals surface area contributed by atoms with Gasteiger partial charge in [0.25, 0.3) is 0 Å². The number of rotatable bonds is 7. The molecular formula is C28H30F2N4O. The maximum Gasteiger partial charge on any atom is 0.159 e. The number of oxime groups is 1. The molecule has 2 fully saturated rings. The topological polar surface area (TPSA) is 41.0 Å². The standard InChI is InChI=1S/C28H30F2N4O/c1-2-35-32-27(22-9-10-24(29)25(30)16-22)26-11-8-21(17-31-26)18-33-14-12-28(19-33)13-15-34(20-28)23-6-4-3-5-7-23/h3-11,16-17H,2,12-15,18-20H2,1H3. The van der Waals surface area contributed by atoms with E-state index >= 15 is 0 Å². The van der Waals surface area contributed by atoms with Crippen LogP contribution in [0.15, 0.2) is 72.0 Å². The van der Waals surface area contributed by atoms with Gasteiger partial charge in [0, 0.05) is 49.0 Å². The molecule has 5 rings (SSSR count). The number of anilines is 1. The van der Waals surface area contributed by atoms with Gasteiger partial charge >= 0.3 is 0 Å². The molecule has 2 aromatic carbocycles. The van der Waals surface area contributed by atoms with E-state index in [-0.39, 0.29) is 0 Å². The Labute approximate surface area is 205 Å². The number of para-hydroxylation sites is 1. The highest BCUT2D eigenvalue weighted by atomic mass is 19.2. The van der Waals surface area contributed by atoms with Gasteiger partial charge in [-0.1, -0.05) is 29.4 Å². The van der Waals surface area contributed by atoms with E-state index < -0.39 is 11.6 Å². The lowest BCUT2D eigenvalue weighted by Gasteiger charge is -2.25. The van der Waals surface area contributed by atoms with Crippen LogP contribution in [0.5, 0.6) is 0 Å². The van der Waals surface area contributed by atoms with Crippen molar-refractivity contribution in [3.8, 4) is 0 Å². The molecule has 0 bridgehead atoms. The van der Waals surface area contributed by atoms with Crippen LogP contribution in [-0.2, 0) is 11.4 Å². The van der Waals surface area contributed by atoms with Crippen LogP contribution in [0.1, 0.15) is 36.6 Å². The SMILES string of the molecule is CCON=C(c1ccc(F)c(F)c1)c1ccc(CN2CCC3(CCN(c4ccccc4)C3)C2)cn1. The Kier molecular flexibility index (Phi) is 6.77. The van der Waals surface area contributed by atoms with Crippen LogP contribution in [0.25, 0.3) is 0 Å². The second kappa shape index (κ2) is 10.1. The van der Waals surface area contributed by atoms with Gasteiger partial charge in [-0.3, -0.25) is 9.88 Å². The predicted octanol–water partition coefficient (Wildman–Crippen LogP) is 5.25. The Bertz CT molecular complexity index is 1190. The van der Waals surface area contributed by atoms with Gasteiger partial charge < -0.3 is 9.74 Å². The molecular weight excluding hydrogens is 446 g/mol. The number of hydrogen-bond acceptors (Lipinski definition) is 5. The molecule has 35 heavy (non-hydrogen) atoms. The van der Waals surface area contributed by atoms with E-state index in [0.29, 0.717) is 29.0 Å². The summed E-state index contributed by atoms with van der Waals surface area (Å²) in [6.45, 7) is 7.40. The van der Waals surface area contributed by atoms with Crippen molar-refractivity contribution in [1.82, 2.24) is 9.88 Å². The first kappa shape index (κ1) is 23.4. The molecule has 2 saturated heterocycles. The van der Waals surface area contributed by atoms with E-state index in [0.717, 1.165) is 50.4 Å². The largest absolute Gasteiger partial charge is 0.396 e. The minimum atomic E-state index is -0.927. The van der Waals surface area contributed by atoms with Crippen LogP contribution >= 0.6 is 0 Å². The summed E-state index contributed by atoms with van der Waals surface area (Å²) in [6, 6.07) is 18.3. The van der Waals surface area contributed by atoms with Crippen molar-refractivity contribution in [1.29, 1.82) is 0 Å². The normalized spacial score (nSPS) is 20.7. The molecule has 0 aliphatic carbocycles. The number of likely N-dealkylation sites (tertiary alicyclic amines) is 1. The first-order valence-corrected chi connectivity index (χ1v) is 12.2. The smallest absolute Gasteiger partial charge is 0.159 e. The molecule has 2 aliphatic heterocycles. The van der Waals surface area contributed by atoms with Gasteiger partial charge in [0.2, 0.25) is 0 Å². The van der Waals surface area contributed by atoms with Gasteiger partial charge in [-0.2, -0.15) is 0 Å². The molecule has 1 aromatic heterocycles. The second-order valence-corrected chi connectivity index (χ2v) is 9.51. The third-order valence-electron chi connectivity index (χ3n) is 7.03. The highest BCUT2D eigenvalue weighted by Crippen LogP contribution is 2.41. The van der Waals surface area contributed by atoms with Gasteiger partial charge in [-0.05, 0) is 68.3 Å². The molecule has 5 nitrogen and oxygen atoms in total. The molecule has 0 N–H and O–H groups in total. The minimum absolute atomic E-state index is 0.354. The van der Waals surface area contributed by atoms with Crippen LogP contribution in [-0.4, -0.2) is 48.4 Å². The molecule has 2 aliphatic rings. The van der Waals surface area contributed by atoms with Crippen molar-refractivity contribution in [2.24, 2.45) is 10.6 Å². The molecule has 0 amide bonds. The Hall–Kier alpha value is -3.32. The van der Waals surface area contributed by atoms with Crippen molar-refractivity contribution < 1.29 is 13.6 Å². The molecule has 182 valence electrons. The summed E-state index contributed by atoms with van der Waals surface area (Å²) in [5, 5.41) is 4.12. The summed E-state index contributed by atoms with van der Waals surface area (Å²) in [5.41, 5.74) is 4.14. The number of halogens is 2. The third kappa shape index (κ3) is 5.20. The van der Waals surface area contributed by atoms with Crippen molar-refractivity contribution in [2.45, 2.75) is 26.3 Å². The number of aromatic nitrogens is 1. The average Bonchev–Trinajstić information content (AvgIpc) is 3.49. The van der Waals surface area contributed by atoms with Crippen molar-refractivity contribution in [3.63, 3.8) is 0 Å². The van der Waals surface area contributed by atoms with Gasteiger partial charge in [0.15, 0.2) is 11.6 Å². The Morgan fingerprint density at radius 2 is 1.83 bits per heavy atom. The van der Waals surface area contributed by atoms with E-state index in [1.165, 1.54) is 24.6 Å². The van der Waals surface area contributed by atoms with E-state index in [9.17, 15) is 8.78 Å². The zero-order valence-corrected chi connectivity index (χ0v) is 20.0. The lowest BCUT2D eigenvalue weighted by Crippen LogP contribution is -2.30.